The molecule has 0 aliphatic heterocycles. The average molecular weight is 162 g/mol. The molecule has 0 atom stereocenters. The van der Waals surface area contributed by atoms with Crippen LogP contribution in [0.2, 0.25) is 0 Å². The summed E-state index contributed by atoms with van der Waals surface area (Å²) in [7, 11) is 0. The van der Waals surface area contributed by atoms with Crippen LogP contribution in [0.1, 0.15) is 19.4 Å². The molecule has 2 nitrogen and oxygen atoms in total. The summed E-state index contributed by atoms with van der Waals surface area (Å²) in [6.07, 6.45) is 0. The molecule has 0 bridgehead atoms. The predicted octanol–water partition coefficient (Wildman–Crippen LogP) is 1.25. The van der Waals surface area contributed by atoms with E-state index in [2.05, 4.69) is 6.07 Å². The lowest BCUT2D eigenvalue weighted by Gasteiger charge is -2.20. The Bertz CT molecular complexity index is 277. The minimum absolute atomic E-state index is 0.317. The third-order valence-electron chi connectivity index (χ3n) is 2.04. The zero-order valence-corrected chi connectivity index (χ0v) is 7.29. The summed E-state index contributed by atoms with van der Waals surface area (Å²) in [5.41, 5.74) is 5.55. The molecular weight excluding hydrogens is 150 g/mol. The monoisotopic (exact) mass is 162 g/mol. The van der Waals surface area contributed by atoms with E-state index in [1.54, 1.807) is 26.0 Å². The quantitative estimate of drug-likeness (QED) is 0.698. The van der Waals surface area contributed by atoms with Crippen molar-refractivity contribution in [2.75, 3.05) is 0 Å². The van der Waals surface area contributed by atoms with Crippen LogP contribution in [0.4, 0.5) is 0 Å². The molecule has 2 N–H and O–H groups in total. The maximum Gasteiger partial charge on any atom is 0.227 e. The number of rotatable bonds is 2. The van der Waals surface area contributed by atoms with Gasteiger partial charge in [0.2, 0.25) is 5.91 Å². The number of benzene rings is 1. The number of nitrogens with two attached hydrogens (primary N) is 1. The lowest BCUT2D eigenvalue weighted by Crippen LogP contribution is -2.35. The zero-order chi connectivity index (χ0) is 9.19. The third kappa shape index (κ3) is 1.47. The van der Waals surface area contributed by atoms with Gasteiger partial charge in [-0.2, -0.15) is 0 Å². The van der Waals surface area contributed by atoms with E-state index in [0.717, 1.165) is 5.56 Å². The van der Waals surface area contributed by atoms with Crippen LogP contribution in [-0.2, 0) is 10.2 Å². The molecule has 0 spiro atoms. The molecule has 0 saturated carbocycles. The zero-order valence-electron chi connectivity index (χ0n) is 7.29. The van der Waals surface area contributed by atoms with Gasteiger partial charge in [0, 0.05) is 0 Å². The van der Waals surface area contributed by atoms with Gasteiger partial charge in [0.15, 0.2) is 0 Å². The van der Waals surface area contributed by atoms with Crippen LogP contribution in [-0.4, -0.2) is 5.91 Å². The Hall–Kier alpha value is -1.31. The standard InChI is InChI=1S/C10H12NO/c1-10(2,9(11)12)8-6-4-3-5-7-8/h3-4,6-7H,1-2H3,(H2,11,12). The molecule has 0 aliphatic rings. The highest BCUT2D eigenvalue weighted by atomic mass is 16.1. The number of carbonyl (C=O) groups excluding carboxylic acids is 1. The van der Waals surface area contributed by atoms with E-state index in [4.69, 9.17) is 5.73 Å². The first-order valence-corrected chi connectivity index (χ1v) is 3.81. The minimum atomic E-state index is -0.599. The largest absolute Gasteiger partial charge is 0.369 e. The summed E-state index contributed by atoms with van der Waals surface area (Å²) in [6.45, 7) is 3.61. The smallest absolute Gasteiger partial charge is 0.227 e. The van der Waals surface area contributed by atoms with Crippen LogP contribution in [0.5, 0.6) is 0 Å². The van der Waals surface area contributed by atoms with E-state index in [-0.39, 0.29) is 5.91 Å². The van der Waals surface area contributed by atoms with E-state index in [0.29, 0.717) is 0 Å². The van der Waals surface area contributed by atoms with Crippen molar-refractivity contribution in [2.24, 2.45) is 5.73 Å². The van der Waals surface area contributed by atoms with Gasteiger partial charge in [-0.15, -0.1) is 0 Å². The maximum atomic E-state index is 11.0. The fourth-order valence-corrected chi connectivity index (χ4v) is 0.924. The van der Waals surface area contributed by atoms with Gasteiger partial charge < -0.3 is 5.73 Å². The molecular formula is C10H12NO. The molecule has 63 valence electrons. The topological polar surface area (TPSA) is 43.1 Å². The number of hydrogen-bond acceptors (Lipinski definition) is 1. The van der Waals surface area contributed by atoms with Gasteiger partial charge >= 0.3 is 0 Å². The first kappa shape index (κ1) is 8.78. The summed E-state index contributed by atoms with van der Waals surface area (Å²) < 4.78 is 0. The van der Waals surface area contributed by atoms with Crippen molar-refractivity contribution in [3.05, 3.63) is 35.9 Å². The van der Waals surface area contributed by atoms with Crippen molar-refractivity contribution in [3.63, 3.8) is 0 Å². The number of carbonyl (C=O) groups is 1. The first-order chi connectivity index (χ1) is 5.55. The molecule has 1 radical (unpaired) electrons. The van der Waals surface area contributed by atoms with Crippen molar-refractivity contribution in [1.82, 2.24) is 0 Å². The van der Waals surface area contributed by atoms with E-state index < -0.39 is 5.41 Å². The number of primary amides is 1. The van der Waals surface area contributed by atoms with Gasteiger partial charge in [-0.25, -0.2) is 0 Å². The van der Waals surface area contributed by atoms with Crippen LogP contribution in [0.15, 0.2) is 24.3 Å². The van der Waals surface area contributed by atoms with Crippen LogP contribution in [0.3, 0.4) is 0 Å². The second-order valence-corrected chi connectivity index (χ2v) is 3.28. The fourth-order valence-electron chi connectivity index (χ4n) is 0.924. The van der Waals surface area contributed by atoms with Gasteiger partial charge in [-0.1, -0.05) is 24.3 Å². The molecule has 0 unspecified atom stereocenters. The fraction of sp³-hybridized carbons (Fsp3) is 0.300. The molecule has 12 heavy (non-hydrogen) atoms. The molecule has 1 rings (SSSR count). The third-order valence-corrected chi connectivity index (χ3v) is 2.04. The van der Waals surface area contributed by atoms with Crippen molar-refractivity contribution in [1.29, 1.82) is 0 Å². The van der Waals surface area contributed by atoms with E-state index >= 15 is 0 Å². The van der Waals surface area contributed by atoms with Crippen LogP contribution >= 0.6 is 0 Å². The van der Waals surface area contributed by atoms with Gasteiger partial charge in [-0.3, -0.25) is 4.79 Å². The summed E-state index contributed by atoms with van der Waals surface area (Å²) >= 11 is 0. The van der Waals surface area contributed by atoms with E-state index in [1.165, 1.54) is 0 Å². The summed E-state index contributed by atoms with van der Waals surface area (Å²) in [5.74, 6) is -0.317. The second-order valence-electron chi connectivity index (χ2n) is 3.28. The maximum absolute atomic E-state index is 11.0. The molecule has 0 aromatic heterocycles. The molecule has 0 heterocycles. The molecule has 0 aliphatic carbocycles. The average Bonchev–Trinajstić information content (AvgIpc) is 2.06. The van der Waals surface area contributed by atoms with Gasteiger partial charge in [0.05, 0.1) is 5.41 Å². The second kappa shape index (κ2) is 2.97. The molecule has 0 fully saturated rings. The Kier molecular flexibility index (Phi) is 2.18. The molecule has 0 saturated heterocycles. The minimum Gasteiger partial charge on any atom is -0.369 e. The molecule has 1 amide bonds. The Morgan fingerprint density at radius 2 is 2.25 bits per heavy atom. The first-order valence-electron chi connectivity index (χ1n) is 3.81. The Morgan fingerprint density at radius 1 is 1.58 bits per heavy atom. The Labute approximate surface area is 72.4 Å². The molecule has 2 heteroatoms. The Morgan fingerprint density at radius 3 is 2.67 bits per heavy atom. The van der Waals surface area contributed by atoms with Crippen molar-refractivity contribution in [2.45, 2.75) is 19.3 Å². The summed E-state index contributed by atoms with van der Waals surface area (Å²) in [5, 5.41) is 0. The highest BCUT2D eigenvalue weighted by molar-refractivity contribution is 5.85. The number of amides is 1. The van der Waals surface area contributed by atoms with Crippen molar-refractivity contribution >= 4 is 5.91 Å². The van der Waals surface area contributed by atoms with Gasteiger partial charge in [-0.05, 0) is 25.5 Å². The summed E-state index contributed by atoms with van der Waals surface area (Å²) in [4.78, 5) is 11.0. The van der Waals surface area contributed by atoms with Crippen LogP contribution in [0, 0.1) is 6.07 Å². The Balaban J connectivity index is 3.06. The van der Waals surface area contributed by atoms with E-state index in [1.807, 2.05) is 12.1 Å². The number of hydrogen-bond donors (Lipinski definition) is 1. The van der Waals surface area contributed by atoms with Crippen LogP contribution in [0.25, 0.3) is 0 Å². The lowest BCUT2D eigenvalue weighted by atomic mass is 9.84. The molecule has 1 aromatic rings. The normalized spacial score (nSPS) is 11.2. The SMILES string of the molecule is CC(C)(C(N)=O)c1c[c]ccc1. The lowest BCUT2D eigenvalue weighted by molar-refractivity contribution is -0.122. The van der Waals surface area contributed by atoms with Crippen molar-refractivity contribution in [3.8, 4) is 0 Å². The van der Waals surface area contributed by atoms with Gasteiger partial charge in [0.25, 0.3) is 0 Å². The highest BCUT2D eigenvalue weighted by Gasteiger charge is 2.26. The molecule has 1 aromatic carbocycles. The highest BCUT2D eigenvalue weighted by Crippen LogP contribution is 2.21. The predicted molar refractivity (Wildman–Crippen MR) is 47.5 cm³/mol. The summed E-state index contributed by atoms with van der Waals surface area (Å²) in [6, 6.07) is 10.2. The van der Waals surface area contributed by atoms with E-state index in [9.17, 15) is 4.79 Å². The van der Waals surface area contributed by atoms with Crippen molar-refractivity contribution < 1.29 is 4.79 Å². The van der Waals surface area contributed by atoms with Crippen LogP contribution < -0.4 is 5.73 Å². The van der Waals surface area contributed by atoms with Gasteiger partial charge in [0.1, 0.15) is 0 Å².